The maximum atomic E-state index is 5.58. The first-order chi connectivity index (χ1) is 15.1. The Balaban J connectivity index is 0.00000289. The van der Waals surface area contributed by atoms with E-state index >= 15 is 0 Å². The third-order valence-electron chi connectivity index (χ3n) is 6.22. The Morgan fingerprint density at radius 3 is 2.47 bits per heavy atom. The first kappa shape index (κ1) is 24.3. The Hall–Kier alpha value is -2.34. The number of hydrogen-bond acceptors (Lipinski definition) is 4. The lowest BCUT2D eigenvalue weighted by Crippen LogP contribution is -2.42. The average Bonchev–Trinajstić information content (AvgIpc) is 3.08. The van der Waals surface area contributed by atoms with Gasteiger partial charge in [0.1, 0.15) is 5.75 Å². The van der Waals surface area contributed by atoms with Gasteiger partial charge < -0.3 is 14.6 Å². The fourth-order valence-electron chi connectivity index (χ4n) is 4.53. The molecule has 0 unspecified atom stereocenters. The third-order valence-corrected chi connectivity index (χ3v) is 6.22. The zero-order valence-electron chi connectivity index (χ0n) is 19.4. The summed E-state index contributed by atoms with van der Waals surface area (Å²) in [6, 6.07) is 17.4. The van der Waals surface area contributed by atoms with Crippen LogP contribution < -0.4 is 10.1 Å². The molecule has 3 aromatic rings. The van der Waals surface area contributed by atoms with Crippen LogP contribution in [0.15, 0.2) is 54.7 Å². The smallest absolute Gasteiger partial charge is 0.119 e. The van der Waals surface area contributed by atoms with Gasteiger partial charge in [-0.1, -0.05) is 6.07 Å². The van der Waals surface area contributed by atoms with E-state index in [1.54, 1.807) is 0 Å². The molecule has 2 aromatic heterocycles. The Morgan fingerprint density at radius 2 is 1.81 bits per heavy atom. The van der Waals surface area contributed by atoms with E-state index in [2.05, 4.69) is 63.9 Å². The minimum atomic E-state index is 0. The van der Waals surface area contributed by atoms with Crippen molar-refractivity contribution in [3.63, 3.8) is 0 Å². The summed E-state index contributed by atoms with van der Waals surface area (Å²) < 4.78 is 7.92. The van der Waals surface area contributed by atoms with Gasteiger partial charge in [-0.25, -0.2) is 0 Å². The molecule has 32 heavy (non-hydrogen) atoms. The summed E-state index contributed by atoms with van der Waals surface area (Å²) >= 11 is 0. The molecule has 5 nitrogen and oxygen atoms in total. The second kappa shape index (κ2) is 11.5. The summed E-state index contributed by atoms with van der Waals surface area (Å²) in [6.07, 6.45) is 4.25. The van der Waals surface area contributed by atoms with E-state index in [1.807, 2.05) is 31.3 Å². The minimum Gasteiger partial charge on any atom is -0.494 e. The first-order valence-electron chi connectivity index (χ1n) is 11.4. The van der Waals surface area contributed by atoms with Crippen molar-refractivity contribution in [1.82, 2.24) is 19.8 Å². The van der Waals surface area contributed by atoms with Crippen LogP contribution in [0.5, 0.6) is 5.75 Å². The van der Waals surface area contributed by atoms with Crippen molar-refractivity contribution in [3.8, 4) is 11.4 Å². The normalized spacial score (nSPS) is 14.8. The molecule has 0 atom stereocenters. The molecular weight excluding hydrogens is 420 g/mol. The lowest BCUT2D eigenvalue weighted by molar-refractivity contribution is 0.188. The topological polar surface area (TPSA) is 42.3 Å². The molecule has 0 amide bonds. The molecule has 0 saturated carbocycles. The number of nitrogens with zero attached hydrogens (tertiary/aromatic N) is 3. The van der Waals surface area contributed by atoms with Gasteiger partial charge in [0.2, 0.25) is 0 Å². The first-order valence-corrected chi connectivity index (χ1v) is 11.4. The molecule has 6 heteroatoms. The number of halogens is 1. The molecule has 0 radical (unpaired) electrons. The van der Waals surface area contributed by atoms with E-state index in [-0.39, 0.29) is 12.4 Å². The highest BCUT2D eigenvalue weighted by Crippen LogP contribution is 2.23. The average molecular weight is 455 g/mol. The van der Waals surface area contributed by atoms with E-state index in [1.165, 1.54) is 35.5 Å². The largest absolute Gasteiger partial charge is 0.494 e. The number of benzene rings is 1. The van der Waals surface area contributed by atoms with Crippen LogP contribution in [0.1, 0.15) is 42.4 Å². The Kier molecular flexibility index (Phi) is 8.74. The summed E-state index contributed by atoms with van der Waals surface area (Å²) in [6.45, 7) is 11.2. The fraction of sp³-hybridized carbons (Fsp3) is 0.423. The van der Waals surface area contributed by atoms with Gasteiger partial charge >= 0.3 is 0 Å². The Bertz CT molecular complexity index is 963. The van der Waals surface area contributed by atoms with Gasteiger partial charge in [-0.15, -0.1) is 12.4 Å². The molecular formula is C26H35ClN4O. The summed E-state index contributed by atoms with van der Waals surface area (Å²) in [5, 5.41) is 3.81. The molecule has 0 spiro atoms. The third kappa shape index (κ3) is 5.91. The zero-order valence-corrected chi connectivity index (χ0v) is 20.2. The van der Waals surface area contributed by atoms with Crippen LogP contribution in [-0.4, -0.2) is 40.2 Å². The van der Waals surface area contributed by atoms with Crippen LogP contribution in [0, 0.1) is 13.8 Å². The molecule has 1 aliphatic rings. The van der Waals surface area contributed by atoms with Crippen LogP contribution >= 0.6 is 12.4 Å². The van der Waals surface area contributed by atoms with Gasteiger partial charge in [-0.05, 0) is 81.6 Å². The van der Waals surface area contributed by atoms with Gasteiger partial charge in [0.15, 0.2) is 0 Å². The van der Waals surface area contributed by atoms with Crippen LogP contribution in [0.3, 0.4) is 0 Å². The summed E-state index contributed by atoms with van der Waals surface area (Å²) in [5.41, 5.74) is 6.30. The monoisotopic (exact) mass is 454 g/mol. The number of hydrogen-bond donors (Lipinski definition) is 1. The second-order valence-corrected chi connectivity index (χ2v) is 8.41. The van der Waals surface area contributed by atoms with E-state index in [0.717, 1.165) is 37.6 Å². The molecule has 0 bridgehead atoms. The quantitative estimate of drug-likeness (QED) is 0.516. The van der Waals surface area contributed by atoms with Gasteiger partial charge in [-0.3, -0.25) is 9.88 Å². The highest BCUT2D eigenvalue weighted by Gasteiger charge is 2.20. The van der Waals surface area contributed by atoms with Crippen molar-refractivity contribution in [3.05, 3.63) is 77.4 Å². The predicted molar refractivity (Wildman–Crippen MR) is 133 cm³/mol. The van der Waals surface area contributed by atoms with Crippen molar-refractivity contribution < 1.29 is 4.74 Å². The van der Waals surface area contributed by atoms with Crippen LogP contribution in [0.4, 0.5) is 0 Å². The molecule has 1 aliphatic heterocycles. The molecule has 3 heterocycles. The number of piperidine rings is 1. The molecule has 0 aliphatic carbocycles. The Morgan fingerprint density at radius 1 is 1.06 bits per heavy atom. The Labute approximate surface area is 198 Å². The second-order valence-electron chi connectivity index (χ2n) is 8.41. The molecule has 4 rings (SSSR count). The molecule has 172 valence electrons. The SMILES string of the molecule is CCOc1ccc(-n2c(C)cc(CNC3CCN(Cc4ccccn4)CC3)c2C)cc1.Cl. The number of rotatable bonds is 8. The predicted octanol–water partition coefficient (Wildman–Crippen LogP) is 5.06. The van der Waals surface area contributed by atoms with Crippen LogP contribution in [0.25, 0.3) is 5.69 Å². The van der Waals surface area contributed by atoms with E-state index in [4.69, 9.17) is 4.74 Å². The number of likely N-dealkylation sites (tertiary alicyclic amines) is 1. The standard InChI is InChI=1S/C26H34N4O.ClH/c1-4-31-26-10-8-25(9-11-26)30-20(2)17-22(21(30)3)18-28-23-12-15-29(16-13-23)19-24-7-5-6-14-27-24;/h5-11,14,17,23,28H,4,12-13,15-16,18-19H2,1-3H3;1H. The maximum absolute atomic E-state index is 5.58. The van der Waals surface area contributed by atoms with Gasteiger partial charge in [0.05, 0.1) is 12.3 Å². The highest BCUT2D eigenvalue weighted by molar-refractivity contribution is 5.85. The van der Waals surface area contributed by atoms with Crippen LogP contribution in [-0.2, 0) is 13.1 Å². The van der Waals surface area contributed by atoms with Gasteiger partial charge in [0, 0.05) is 55.5 Å². The number of ether oxygens (including phenoxy) is 1. The van der Waals surface area contributed by atoms with Gasteiger partial charge in [-0.2, -0.15) is 0 Å². The van der Waals surface area contributed by atoms with Crippen LogP contribution in [0.2, 0.25) is 0 Å². The molecule has 1 N–H and O–H groups in total. The molecule has 1 aromatic carbocycles. The lowest BCUT2D eigenvalue weighted by Gasteiger charge is -2.32. The number of pyridine rings is 1. The van der Waals surface area contributed by atoms with Crippen molar-refractivity contribution in [2.45, 2.75) is 52.7 Å². The fourth-order valence-corrected chi connectivity index (χ4v) is 4.53. The highest BCUT2D eigenvalue weighted by atomic mass is 35.5. The summed E-state index contributed by atoms with van der Waals surface area (Å²) in [7, 11) is 0. The van der Waals surface area contributed by atoms with Gasteiger partial charge in [0.25, 0.3) is 0 Å². The molecule has 1 fully saturated rings. The minimum absolute atomic E-state index is 0. The van der Waals surface area contributed by atoms with E-state index in [0.29, 0.717) is 12.6 Å². The van der Waals surface area contributed by atoms with Crippen molar-refractivity contribution >= 4 is 12.4 Å². The number of aryl methyl sites for hydroxylation is 1. The number of nitrogens with one attached hydrogen (secondary N) is 1. The summed E-state index contributed by atoms with van der Waals surface area (Å²) in [4.78, 5) is 6.97. The summed E-state index contributed by atoms with van der Waals surface area (Å²) in [5.74, 6) is 0.921. The van der Waals surface area contributed by atoms with Crippen molar-refractivity contribution in [2.24, 2.45) is 0 Å². The number of aromatic nitrogens is 2. The van der Waals surface area contributed by atoms with Crippen molar-refractivity contribution in [2.75, 3.05) is 19.7 Å². The van der Waals surface area contributed by atoms with E-state index < -0.39 is 0 Å². The van der Waals surface area contributed by atoms with E-state index in [9.17, 15) is 0 Å². The lowest BCUT2D eigenvalue weighted by atomic mass is 10.0. The van der Waals surface area contributed by atoms with Crippen molar-refractivity contribution in [1.29, 1.82) is 0 Å². The molecule has 1 saturated heterocycles. The zero-order chi connectivity index (χ0) is 21.6. The maximum Gasteiger partial charge on any atom is 0.119 e.